The van der Waals surface area contributed by atoms with Gasteiger partial charge in [-0.05, 0) is 12.8 Å². The maximum Gasteiger partial charge on any atom is 0.129 e. The van der Waals surface area contributed by atoms with Gasteiger partial charge in [-0.15, -0.1) is 0 Å². The molecule has 1 aliphatic rings. The zero-order valence-corrected chi connectivity index (χ0v) is 5.62. The fraction of sp³-hybridized carbons (Fsp3) is 0.571. The van der Waals surface area contributed by atoms with Crippen molar-refractivity contribution in [2.45, 2.75) is 25.6 Å². The van der Waals surface area contributed by atoms with Gasteiger partial charge >= 0.3 is 0 Å². The minimum absolute atomic E-state index is 0.509. The van der Waals surface area contributed by atoms with Crippen molar-refractivity contribution < 1.29 is 9.26 Å². The standard InChI is InChI=1S/C7H9NO2/c1-2-7(1)9-4-6-3-8-10-5-6/h3,5,7H,1-2,4H2. The number of aromatic nitrogens is 1. The average Bonchev–Trinajstić information content (AvgIpc) is 2.63. The lowest BCUT2D eigenvalue weighted by atomic mass is 10.4. The van der Waals surface area contributed by atoms with Gasteiger partial charge in [0.25, 0.3) is 0 Å². The van der Waals surface area contributed by atoms with Crippen LogP contribution in [0.5, 0.6) is 0 Å². The normalized spacial score (nSPS) is 17.6. The first-order valence-corrected chi connectivity index (χ1v) is 3.45. The zero-order valence-electron chi connectivity index (χ0n) is 5.62. The zero-order chi connectivity index (χ0) is 6.81. The summed E-state index contributed by atoms with van der Waals surface area (Å²) in [6.07, 6.45) is 6.23. The van der Waals surface area contributed by atoms with E-state index in [4.69, 9.17) is 4.74 Å². The Morgan fingerprint density at radius 1 is 1.70 bits per heavy atom. The van der Waals surface area contributed by atoms with E-state index in [1.807, 2.05) is 0 Å². The lowest BCUT2D eigenvalue weighted by molar-refractivity contribution is 0.105. The number of rotatable bonds is 3. The molecule has 3 heteroatoms. The molecular formula is C7H9NO2. The van der Waals surface area contributed by atoms with Gasteiger partial charge in [-0.25, -0.2) is 0 Å². The van der Waals surface area contributed by atoms with Gasteiger partial charge in [0.15, 0.2) is 0 Å². The maximum atomic E-state index is 5.40. The predicted molar refractivity (Wildman–Crippen MR) is 34.3 cm³/mol. The molecule has 0 atom stereocenters. The van der Waals surface area contributed by atoms with Crippen LogP contribution in [-0.4, -0.2) is 11.3 Å². The Balaban J connectivity index is 1.79. The number of hydrogen-bond acceptors (Lipinski definition) is 3. The molecule has 0 aliphatic heterocycles. The molecule has 0 bridgehead atoms. The lowest BCUT2D eigenvalue weighted by Crippen LogP contribution is -1.92. The fourth-order valence-electron chi connectivity index (χ4n) is 0.747. The molecule has 0 spiro atoms. The molecule has 0 N–H and O–H groups in total. The Hall–Kier alpha value is -0.830. The van der Waals surface area contributed by atoms with Crippen LogP contribution < -0.4 is 0 Å². The minimum atomic E-state index is 0.509. The highest BCUT2D eigenvalue weighted by Crippen LogP contribution is 2.24. The molecule has 0 amide bonds. The van der Waals surface area contributed by atoms with Crippen molar-refractivity contribution in [3.05, 3.63) is 18.0 Å². The summed E-state index contributed by atoms with van der Waals surface area (Å²) in [4.78, 5) is 0. The highest BCUT2D eigenvalue weighted by Gasteiger charge is 2.21. The van der Waals surface area contributed by atoms with Crippen molar-refractivity contribution in [3.8, 4) is 0 Å². The molecular weight excluding hydrogens is 130 g/mol. The van der Waals surface area contributed by atoms with E-state index in [0.717, 1.165) is 5.56 Å². The summed E-state index contributed by atoms with van der Waals surface area (Å²) in [7, 11) is 0. The van der Waals surface area contributed by atoms with Crippen molar-refractivity contribution in [1.29, 1.82) is 0 Å². The Morgan fingerprint density at radius 2 is 2.60 bits per heavy atom. The Kier molecular flexibility index (Phi) is 1.43. The summed E-state index contributed by atoms with van der Waals surface area (Å²) in [5.41, 5.74) is 1.02. The molecule has 2 rings (SSSR count). The van der Waals surface area contributed by atoms with Crippen molar-refractivity contribution >= 4 is 0 Å². The van der Waals surface area contributed by atoms with Gasteiger partial charge in [0.2, 0.25) is 0 Å². The van der Waals surface area contributed by atoms with Crippen LogP contribution in [0.4, 0.5) is 0 Å². The molecule has 1 saturated carbocycles. The van der Waals surface area contributed by atoms with Crippen LogP contribution in [-0.2, 0) is 11.3 Å². The molecule has 1 aromatic heterocycles. The molecule has 0 saturated heterocycles. The van der Waals surface area contributed by atoms with E-state index in [1.54, 1.807) is 12.5 Å². The fourth-order valence-corrected chi connectivity index (χ4v) is 0.747. The van der Waals surface area contributed by atoms with Crippen molar-refractivity contribution in [2.75, 3.05) is 0 Å². The summed E-state index contributed by atoms with van der Waals surface area (Å²) >= 11 is 0. The van der Waals surface area contributed by atoms with Gasteiger partial charge in [-0.3, -0.25) is 0 Å². The predicted octanol–water partition coefficient (Wildman–Crippen LogP) is 1.35. The molecule has 10 heavy (non-hydrogen) atoms. The largest absolute Gasteiger partial charge is 0.373 e. The molecule has 1 fully saturated rings. The van der Waals surface area contributed by atoms with E-state index in [9.17, 15) is 0 Å². The molecule has 3 nitrogen and oxygen atoms in total. The third-order valence-corrected chi connectivity index (χ3v) is 1.49. The van der Waals surface area contributed by atoms with Gasteiger partial charge in [0, 0.05) is 5.56 Å². The summed E-state index contributed by atoms with van der Waals surface area (Å²) in [6.45, 7) is 0.647. The first-order valence-electron chi connectivity index (χ1n) is 3.45. The highest BCUT2D eigenvalue weighted by atomic mass is 16.5. The lowest BCUT2D eigenvalue weighted by Gasteiger charge is -1.95. The SMILES string of the molecule is c1nocc1COC1CC1. The van der Waals surface area contributed by atoms with Crippen LogP contribution in [0.1, 0.15) is 18.4 Å². The summed E-state index contributed by atoms with van der Waals surface area (Å²) in [5.74, 6) is 0. The van der Waals surface area contributed by atoms with Crippen LogP contribution >= 0.6 is 0 Å². The number of nitrogens with zero attached hydrogens (tertiary/aromatic N) is 1. The molecule has 1 aliphatic carbocycles. The third kappa shape index (κ3) is 1.36. The van der Waals surface area contributed by atoms with E-state index >= 15 is 0 Å². The molecule has 1 aromatic rings. The Bertz CT molecular complexity index is 191. The second-order valence-corrected chi connectivity index (χ2v) is 2.54. The quantitative estimate of drug-likeness (QED) is 0.634. The van der Waals surface area contributed by atoms with E-state index in [0.29, 0.717) is 12.7 Å². The van der Waals surface area contributed by atoms with E-state index < -0.39 is 0 Å². The van der Waals surface area contributed by atoms with Crippen LogP contribution in [0.15, 0.2) is 17.0 Å². The average molecular weight is 139 g/mol. The summed E-state index contributed by atoms with van der Waals surface area (Å²) in [6, 6.07) is 0. The minimum Gasteiger partial charge on any atom is -0.373 e. The molecule has 0 unspecified atom stereocenters. The van der Waals surface area contributed by atoms with Crippen molar-refractivity contribution in [3.63, 3.8) is 0 Å². The number of hydrogen-bond donors (Lipinski definition) is 0. The van der Waals surface area contributed by atoms with Gasteiger partial charge in [0.1, 0.15) is 6.26 Å². The van der Waals surface area contributed by atoms with E-state index in [-0.39, 0.29) is 0 Å². The second kappa shape index (κ2) is 2.42. The van der Waals surface area contributed by atoms with Gasteiger partial charge < -0.3 is 9.26 Å². The monoisotopic (exact) mass is 139 g/mol. The first kappa shape index (κ1) is 5.92. The molecule has 0 aromatic carbocycles. The van der Waals surface area contributed by atoms with E-state index in [1.165, 1.54) is 12.8 Å². The van der Waals surface area contributed by atoms with Crippen LogP contribution in [0.2, 0.25) is 0 Å². The van der Waals surface area contributed by atoms with Crippen molar-refractivity contribution in [1.82, 2.24) is 5.16 Å². The van der Waals surface area contributed by atoms with Crippen LogP contribution in [0.25, 0.3) is 0 Å². The molecule has 54 valence electrons. The first-order chi connectivity index (χ1) is 4.95. The summed E-state index contributed by atoms with van der Waals surface area (Å²) in [5, 5.41) is 3.57. The molecule has 0 radical (unpaired) electrons. The van der Waals surface area contributed by atoms with Crippen LogP contribution in [0.3, 0.4) is 0 Å². The smallest absolute Gasteiger partial charge is 0.129 e. The molecule has 1 heterocycles. The second-order valence-electron chi connectivity index (χ2n) is 2.54. The highest BCUT2D eigenvalue weighted by molar-refractivity contribution is 4.97. The van der Waals surface area contributed by atoms with Gasteiger partial charge in [0.05, 0.1) is 18.9 Å². The van der Waals surface area contributed by atoms with Crippen molar-refractivity contribution in [2.24, 2.45) is 0 Å². The van der Waals surface area contributed by atoms with E-state index in [2.05, 4.69) is 9.68 Å². The third-order valence-electron chi connectivity index (χ3n) is 1.49. The maximum absolute atomic E-state index is 5.40. The topological polar surface area (TPSA) is 35.3 Å². The number of ether oxygens (including phenoxy) is 1. The summed E-state index contributed by atoms with van der Waals surface area (Å²) < 4.78 is 10.0. The Labute approximate surface area is 59.0 Å². The van der Waals surface area contributed by atoms with Gasteiger partial charge in [-0.2, -0.15) is 0 Å². The van der Waals surface area contributed by atoms with Crippen LogP contribution in [0, 0.1) is 0 Å². The Morgan fingerprint density at radius 3 is 3.20 bits per heavy atom. The van der Waals surface area contributed by atoms with Gasteiger partial charge in [-0.1, -0.05) is 5.16 Å².